The van der Waals surface area contributed by atoms with Gasteiger partial charge in [-0.25, -0.2) is 4.68 Å². The fraction of sp³-hybridized carbons (Fsp3) is 0.375. The predicted octanol–water partition coefficient (Wildman–Crippen LogP) is 1.54. The summed E-state index contributed by atoms with van der Waals surface area (Å²) in [6.45, 7) is 2.47. The number of hydrogen-bond acceptors (Lipinski definition) is 6. The van der Waals surface area contributed by atoms with E-state index in [1.807, 2.05) is 36.7 Å². The molecule has 25 heavy (non-hydrogen) atoms. The van der Waals surface area contributed by atoms with Crippen LogP contribution >= 0.6 is 11.8 Å². The summed E-state index contributed by atoms with van der Waals surface area (Å²) in [5.41, 5.74) is 2.61. The van der Waals surface area contributed by atoms with E-state index in [1.165, 1.54) is 11.8 Å². The first kappa shape index (κ1) is 17.3. The number of ether oxygens (including phenoxy) is 1. The van der Waals surface area contributed by atoms with E-state index >= 15 is 0 Å². The Morgan fingerprint density at radius 1 is 1.36 bits per heavy atom. The topological polar surface area (TPSA) is 86.9 Å². The highest BCUT2D eigenvalue weighted by Crippen LogP contribution is 2.28. The van der Waals surface area contributed by atoms with E-state index in [0.717, 1.165) is 27.5 Å². The summed E-state index contributed by atoms with van der Waals surface area (Å²) in [4.78, 5) is 12.7. The van der Waals surface area contributed by atoms with Gasteiger partial charge in [0.05, 0.1) is 12.7 Å². The van der Waals surface area contributed by atoms with Crippen LogP contribution in [0.5, 0.6) is 5.75 Å². The largest absolute Gasteiger partial charge is 0.497 e. The minimum Gasteiger partial charge on any atom is -0.497 e. The Hall–Kier alpha value is -2.55. The van der Waals surface area contributed by atoms with Crippen molar-refractivity contribution in [1.82, 2.24) is 30.1 Å². The Kier molecular flexibility index (Phi) is 4.93. The quantitative estimate of drug-likeness (QED) is 0.530. The molecule has 0 saturated carbocycles. The molecule has 0 aliphatic heterocycles. The van der Waals surface area contributed by atoms with Crippen molar-refractivity contribution >= 4 is 28.6 Å². The predicted molar refractivity (Wildman–Crippen MR) is 96.1 cm³/mol. The highest BCUT2D eigenvalue weighted by molar-refractivity contribution is 7.99. The summed E-state index contributed by atoms with van der Waals surface area (Å²) in [7, 11) is 5.36. The molecule has 1 N–H and O–H groups in total. The van der Waals surface area contributed by atoms with Gasteiger partial charge >= 0.3 is 0 Å². The number of aromatic nitrogens is 5. The maximum atomic E-state index is 12.7. The van der Waals surface area contributed by atoms with Gasteiger partial charge in [0.1, 0.15) is 5.75 Å². The number of rotatable bonds is 6. The van der Waals surface area contributed by atoms with Gasteiger partial charge in [0, 0.05) is 43.0 Å². The van der Waals surface area contributed by atoms with E-state index in [2.05, 4.69) is 20.8 Å². The zero-order chi connectivity index (χ0) is 18.0. The number of fused-ring (bicyclic) bond motifs is 1. The second-order valence-electron chi connectivity index (χ2n) is 5.59. The number of methoxy groups -OCH3 is 1. The average molecular weight is 360 g/mol. The Bertz CT molecular complexity index is 917. The molecule has 0 bridgehead atoms. The number of benzene rings is 1. The molecular formula is C16H20N6O2S. The van der Waals surface area contributed by atoms with Crippen LogP contribution in [0.25, 0.3) is 10.9 Å². The molecule has 0 aliphatic rings. The Morgan fingerprint density at radius 2 is 2.16 bits per heavy atom. The number of carbonyl (C=O) groups excluding carboxylic acids is 1. The minimum absolute atomic E-state index is 0.0898. The molecule has 9 heteroatoms. The molecule has 0 fully saturated rings. The van der Waals surface area contributed by atoms with E-state index in [-0.39, 0.29) is 5.91 Å². The lowest BCUT2D eigenvalue weighted by molar-refractivity contribution is 0.0957. The third-order valence-electron chi connectivity index (χ3n) is 4.13. The normalized spacial score (nSPS) is 11.0. The van der Waals surface area contributed by atoms with Crippen molar-refractivity contribution in [2.24, 2.45) is 14.1 Å². The molecule has 0 atom stereocenters. The fourth-order valence-corrected chi connectivity index (χ4v) is 3.41. The van der Waals surface area contributed by atoms with Crippen LogP contribution in [0.2, 0.25) is 0 Å². The third kappa shape index (κ3) is 3.32. The average Bonchev–Trinajstić information content (AvgIpc) is 3.13. The molecule has 2 heterocycles. The standard InChI is InChI=1S/C16H20N6O2S/c1-10-14(12-9-11(24-4)5-6-13(12)21(10)2)15(23)17-7-8-25-16-18-19-20-22(16)3/h5-6,9H,7-8H2,1-4H3,(H,17,23). The third-order valence-corrected chi connectivity index (χ3v) is 5.14. The number of tetrazole rings is 1. The molecule has 132 valence electrons. The molecule has 0 spiro atoms. The Morgan fingerprint density at radius 3 is 2.84 bits per heavy atom. The molecule has 3 rings (SSSR count). The first-order chi connectivity index (χ1) is 12.0. The van der Waals surface area contributed by atoms with Gasteiger partial charge in [-0.05, 0) is 35.5 Å². The number of hydrogen-bond donors (Lipinski definition) is 1. The lowest BCUT2D eigenvalue weighted by Gasteiger charge is -2.06. The second kappa shape index (κ2) is 7.14. The van der Waals surface area contributed by atoms with Crippen molar-refractivity contribution in [3.8, 4) is 5.75 Å². The molecule has 8 nitrogen and oxygen atoms in total. The molecule has 0 saturated heterocycles. The summed E-state index contributed by atoms with van der Waals surface area (Å²) in [6.07, 6.45) is 0. The van der Waals surface area contributed by atoms with Crippen molar-refractivity contribution in [3.63, 3.8) is 0 Å². The Balaban J connectivity index is 1.73. The van der Waals surface area contributed by atoms with Crippen LogP contribution in [0.15, 0.2) is 23.4 Å². The van der Waals surface area contributed by atoms with Gasteiger partial charge in [-0.3, -0.25) is 4.79 Å². The molecule has 1 amide bonds. The first-order valence-electron chi connectivity index (χ1n) is 7.79. The molecule has 1 aromatic carbocycles. The molecular weight excluding hydrogens is 340 g/mol. The zero-order valence-electron chi connectivity index (χ0n) is 14.6. The zero-order valence-corrected chi connectivity index (χ0v) is 15.4. The van der Waals surface area contributed by atoms with Crippen molar-refractivity contribution in [3.05, 3.63) is 29.5 Å². The summed E-state index contributed by atoms with van der Waals surface area (Å²) >= 11 is 1.50. The highest BCUT2D eigenvalue weighted by Gasteiger charge is 2.18. The summed E-state index contributed by atoms with van der Waals surface area (Å²) in [6, 6.07) is 5.77. The number of amides is 1. The molecule has 0 aliphatic carbocycles. The highest BCUT2D eigenvalue weighted by atomic mass is 32.2. The lowest BCUT2D eigenvalue weighted by atomic mass is 10.1. The monoisotopic (exact) mass is 360 g/mol. The fourth-order valence-electron chi connectivity index (χ4n) is 2.70. The Labute approximate surface area is 149 Å². The number of nitrogens with one attached hydrogen (secondary N) is 1. The van der Waals surface area contributed by atoms with Gasteiger partial charge < -0.3 is 14.6 Å². The summed E-state index contributed by atoms with van der Waals surface area (Å²) < 4.78 is 8.91. The smallest absolute Gasteiger partial charge is 0.253 e. The first-order valence-corrected chi connectivity index (χ1v) is 8.78. The van der Waals surface area contributed by atoms with Crippen molar-refractivity contribution in [2.75, 3.05) is 19.4 Å². The molecule has 0 radical (unpaired) electrons. The van der Waals surface area contributed by atoms with Crippen LogP contribution in [0, 0.1) is 6.92 Å². The van der Waals surface area contributed by atoms with Crippen LogP contribution in [0.4, 0.5) is 0 Å². The van der Waals surface area contributed by atoms with E-state index in [0.29, 0.717) is 17.9 Å². The van der Waals surface area contributed by atoms with Crippen LogP contribution < -0.4 is 10.1 Å². The second-order valence-corrected chi connectivity index (χ2v) is 6.65. The minimum atomic E-state index is -0.0898. The van der Waals surface area contributed by atoms with Gasteiger partial charge in [0.2, 0.25) is 5.16 Å². The van der Waals surface area contributed by atoms with Gasteiger partial charge in [0.25, 0.3) is 5.91 Å². The van der Waals surface area contributed by atoms with Gasteiger partial charge in [-0.1, -0.05) is 11.8 Å². The lowest BCUT2D eigenvalue weighted by Crippen LogP contribution is -2.26. The summed E-state index contributed by atoms with van der Waals surface area (Å²) in [5.74, 6) is 1.33. The van der Waals surface area contributed by atoms with E-state index in [4.69, 9.17) is 4.74 Å². The summed E-state index contributed by atoms with van der Waals surface area (Å²) in [5, 5.41) is 15.9. The number of carbonyl (C=O) groups is 1. The van der Waals surface area contributed by atoms with Crippen molar-refractivity contribution < 1.29 is 9.53 Å². The van der Waals surface area contributed by atoms with Crippen LogP contribution in [-0.4, -0.2) is 50.1 Å². The van der Waals surface area contributed by atoms with Crippen LogP contribution in [-0.2, 0) is 14.1 Å². The van der Waals surface area contributed by atoms with Crippen molar-refractivity contribution in [1.29, 1.82) is 0 Å². The SMILES string of the molecule is COc1ccc2c(c1)c(C(=O)NCCSc1nnnn1C)c(C)n2C. The number of thioether (sulfide) groups is 1. The maximum absolute atomic E-state index is 12.7. The number of aryl methyl sites for hydroxylation is 2. The van der Waals surface area contributed by atoms with Gasteiger partial charge in [-0.2, -0.15) is 0 Å². The molecule has 2 aromatic heterocycles. The van der Waals surface area contributed by atoms with Crippen LogP contribution in [0.1, 0.15) is 16.1 Å². The molecule has 0 unspecified atom stereocenters. The molecule has 3 aromatic rings. The van der Waals surface area contributed by atoms with E-state index in [1.54, 1.807) is 18.8 Å². The maximum Gasteiger partial charge on any atom is 0.253 e. The van der Waals surface area contributed by atoms with Gasteiger partial charge in [-0.15, -0.1) is 5.10 Å². The van der Waals surface area contributed by atoms with E-state index in [9.17, 15) is 4.79 Å². The van der Waals surface area contributed by atoms with E-state index < -0.39 is 0 Å². The van der Waals surface area contributed by atoms with Crippen LogP contribution in [0.3, 0.4) is 0 Å². The van der Waals surface area contributed by atoms with Gasteiger partial charge in [0.15, 0.2) is 0 Å². The number of nitrogens with zero attached hydrogens (tertiary/aromatic N) is 5. The van der Waals surface area contributed by atoms with Crippen molar-refractivity contribution in [2.45, 2.75) is 12.1 Å².